The SMILES string of the molecule is COc1ccc(N(C(N)=S)c2cccc(C(=O)C3CCN(C)CC3)c2)cc1. The summed E-state index contributed by atoms with van der Waals surface area (Å²) in [7, 11) is 3.72. The first kappa shape index (κ1) is 19.3. The summed E-state index contributed by atoms with van der Waals surface area (Å²) in [4.78, 5) is 17.0. The van der Waals surface area contributed by atoms with E-state index in [1.165, 1.54) is 0 Å². The molecule has 0 saturated carbocycles. The van der Waals surface area contributed by atoms with Gasteiger partial charge in [-0.2, -0.15) is 0 Å². The number of piperidine rings is 1. The third-order valence-electron chi connectivity index (χ3n) is 5.03. The zero-order valence-corrected chi connectivity index (χ0v) is 16.5. The van der Waals surface area contributed by atoms with Crippen LogP contribution >= 0.6 is 12.2 Å². The molecule has 1 saturated heterocycles. The maximum absolute atomic E-state index is 13.0. The number of nitrogens with two attached hydrogens (primary N) is 1. The van der Waals surface area contributed by atoms with E-state index in [0.29, 0.717) is 5.56 Å². The van der Waals surface area contributed by atoms with E-state index in [1.54, 1.807) is 12.0 Å². The molecule has 5 nitrogen and oxygen atoms in total. The molecule has 0 atom stereocenters. The molecule has 27 heavy (non-hydrogen) atoms. The first-order chi connectivity index (χ1) is 13.0. The lowest BCUT2D eigenvalue weighted by Gasteiger charge is -2.28. The van der Waals surface area contributed by atoms with E-state index in [-0.39, 0.29) is 16.8 Å². The van der Waals surface area contributed by atoms with E-state index in [9.17, 15) is 4.79 Å². The number of hydrogen-bond acceptors (Lipinski definition) is 4. The van der Waals surface area contributed by atoms with Crippen molar-refractivity contribution in [3.8, 4) is 5.75 Å². The molecule has 0 radical (unpaired) electrons. The second-order valence-corrected chi connectivity index (χ2v) is 7.28. The van der Waals surface area contributed by atoms with Crippen molar-refractivity contribution >= 4 is 34.5 Å². The summed E-state index contributed by atoms with van der Waals surface area (Å²) in [5.74, 6) is 1.03. The van der Waals surface area contributed by atoms with Gasteiger partial charge in [0.25, 0.3) is 0 Å². The average molecular weight is 384 g/mol. The molecule has 0 bridgehead atoms. The van der Waals surface area contributed by atoms with Crippen molar-refractivity contribution in [3.63, 3.8) is 0 Å². The number of anilines is 2. The molecule has 0 spiro atoms. The molecule has 2 aromatic carbocycles. The quantitative estimate of drug-likeness (QED) is 0.629. The van der Waals surface area contributed by atoms with E-state index in [2.05, 4.69) is 11.9 Å². The molecule has 1 fully saturated rings. The van der Waals surface area contributed by atoms with Crippen molar-refractivity contribution in [2.24, 2.45) is 11.7 Å². The van der Waals surface area contributed by atoms with Crippen LogP contribution in [0.5, 0.6) is 5.75 Å². The number of rotatable bonds is 5. The Kier molecular flexibility index (Phi) is 6.08. The van der Waals surface area contributed by atoms with Gasteiger partial charge in [0.2, 0.25) is 0 Å². The molecule has 2 N–H and O–H groups in total. The molecule has 0 unspecified atom stereocenters. The van der Waals surface area contributed by atoms with Crippen LogP contribution < -0.4 is 15.4 Å². The molecule has 6 heteroatoms. The minimum absolute atomic E-state index is 0.0794. The molecule has 3 rings (SSSR count). The predicted octanol–water partition coefficient (Wildman–Crippen LogP) is 3.60. The van der Waals surface area contributed by atoms with Crippen molar-refractivity contribution in [2.45, 2.75) is 12.8 Å². The zero-order chi connectivity index (χ0) is 19.4. The Morgan fingerprint density at radius 3 is 2.41 bits per heavy atom. The third-order valence-corrected chi connectivity index (χ3v) is 5.21. The van der Waals surface area contributed by atoms with Gasteiger partial charge in [-0.15, -0.1) is 0 Å². The highest BCUT2D eigenvalue weighted by Crippen LogP contribution is 2.29. The van der Waals surface area contributed by atoms with Gasteiger partial charge >= 0.3 is 0 Å². The summed E-state index contributed by atoms with van der Waals surface area (Å²) in [5.41, 5.74) is 8.31. The fraction of sp³-hybridized carbons (Fsp3) is 0.333. The number of likely N-dealkylation sites (tertiary alicyclic amines) is 1. The summed E-state index contributed by atoms with van der Waals surface area (Å²) in [6.45, 7) is 1.92. The fourth-order valence-electron chi connectivity index (χ4n) is 3.44. The first-order valence-electron chi connectivity index (χ1n) is 9.06. The van der Waals surface area contributed by atoms with Crippen LogP contribution in [0.4, 0.5) is 11.4 Å². The van der Waals surface area contributed by atoms with Crippen LogP contribution in [0.2, 0.25) is 0 Å². The Hall–Kier alpha value is -2.44. The van der Waals surface area contributed by atoms with Gasteiger partial charge in [-0.05, 0) is 81.6 Å². The van der Waals surface area contributed by atoms with Gasteiger partial charge in [-0.3, -0.25) is 9.69 Å². The van der Waals surface area contributed by atoms with E-state index >= 15 is 0 Å². The lowest BCUT2D eigenvalue weighted by Crippen LogP contribution is -2.34. The van der Waals surface area contributed by atoms with Crippen LogP contribution in [0.15, 0.2) is 48.5 Å². The first-order valence-corrected chi connectivity index (χ1v) is 9.47. The summed E-state index contributed by atoms with van der Waals surface area (Å²) in [6.07, 6.45) is 1.80. The molecule has 0 amide bonds. The van der Waals surface area contributed by atoms with Crippen LogP contribution in [-0.2, 0) is 0 Å². The van der Waals surface area contributed by atoms with E-state index in [0.717, 1.165) is 43.1 Å². The van der Waals surface area contributed by atoms with Crippen molar-refractivity contribution < 1.29 is 9.53 Å². The van der Waals surface area contributed by atoms with E-state index in [1.807, 2.05) is 48.5 Å². The number of nitrogens with zero attached hydrogens (tertiary/aromatic N) is 2. The zero-order valence-electron chi connectivity index (χ0n) is 15.7. The summed E-state index contributed by atoms with van der Waals surface area (Å²) in [5, 5.41) is 0.226. The molecule has 1 aliphatic heterocycles. The van der Waals surface area contributed by atoms with Crippen LogP contribution in [0.25, 0.3) is 0 Å². The summed E-state index contributed by atoms with van der Waals surface area (Å²) < 4.78 is 5.21. The number of Topliss-reactive ketones (excluding diaryl/α,β-unsaturated/α-hetero) is 1. The van der Waals surface area contributed by atoms with Gasteiger partial charge in [0.15, 0.2) is 10.9 Å². The van der Waals surface area contributed by atoms with Crippen LogP contribution in [0, 0.1) is 5.92 Å². The minimum atomic E-state index is 0.0794. The Morgan fingerprint density at radius 2 is 1.81 bits per heavy atom. The number of benzene rings is 2. The second-order valence-electron chi connectivity index (χ2n) is 6.86. The lowest BCUT2D eigenvalue weighted by atomic mass is 9.89. The van der Waals surface area contributed by atoms with Crippen molar-refractivity contribution in [1.82, 2.24) is 4.90 Å². The summed E-state index contributed by atoms with van der Waals surface area (Å²) in [6, 6.07) is 15.0. The van der Waals surface area contributed by atoms with Gasteiger partial charge in [-0.25, -0.2) is 0 Å². The van der Waals surface area contributed by atoms with Gasteiger partial charge in [0.05, 0.1) is 7.11 Å². The monoisotopic (exact) mass is 383 g/mol. The van der Waals surface area contributed by atoms with Crippen LogP contribution in [-0.4, -0.2) is 43.0 Å². The molecule has 2 aromatic rings. The number of thiocarbonyl (C=S) groups is 1. The molecular formula is C21H25N3O2S. The Morgan fingerprint density at radius 1 is 1.15 bits per heavy atom. The van der Waals surface area contributed by atoms with E-state index < -0.39 is 0 Å². The molecule has 1 aliphatic rings. The molecule has 0 aromatic heterocycles. The number of carbonyl (C=O) groups is 1. The van der Waals surface area contributed by atoms with Crippen LogP contribution in [0.1, 0.15) is 23.2 Å². The topological polar surface area (TPSA) is 58.8 Å². The highest BCUT2D eigenvalue weighted by Gasteiger charge is 2.25. The molecular weight excluding hydrogens is 358 g/mol. The molecule has 1 heterocycles. The third kappa shape index (κ3) is 4.46. The van der Waals surface area contributed by atoms with Gasteiger partial charge in [0.1, 0.15) is 5.75 Å². The van der Waals surface area contributed by atoms with E-state index in [4.69, 9.17) is 22.7 Å². The second kappa shape index (κ2) is 8.50. The molecule has 0 aliphatic carbocycles. The smallest absolute Gasteiger partial charge is 0.175 e. The highest BCUT2D eigenvalue weighted by molar-refractivity contribution is 7.80. The Labute approximate surface area is 165 Å². The fourth-order valence-corrected chi connectivity index (χ4v) is 3.65. The van der Waals surface area contributed by atoms with Crippen molar-refractivity contribution in [3.05, 3.63) is 54.1 Å². The minimum Gasteiger partial charge on any atom is -0.497 e. The van der Waals surface area contributed by atoms with Gasteiger partial charge in [0, 0.05) is 22.9 Å². The lowest BCUT2D eigenvalue weighted by molar-refractivity contribution is 0.0857. The maximum atomic E-state index is 13.0. The number of carbonyl (C=O) groups excluding carboxylic acids is 1. The largest absolute Gasteiger partial charge is 0.497 e. The average Bonchev–Trinajstić information content (AvgIpc) is 2.69. The van der Waals surface area contributed by atoms with Crippen molar-refractivity contribution in [2.75, 3.05) is 32.1 Å². The number of methoxy groups -OCH3 is 1. The van der Waals surface area contributed by atoms with Gasteiger partial charge < -0.3 is 15.4 Å². The highest BCUT2D eigenvalue weighted by atomic mass is 32.1. The molecule has 142 valence electrons. The van der Waals surface area contributed by atoms with Gasteiger partial charge in [-0.1, -0.05) is 12.1 Å². The number of hydrogen-bond donors (Lipinski definition) is 1. The standard InChI is InChI=1S/C21H25N3O2S/c1-23-12-10-15(11-13-23)20(25)16-4-3-5-18(14-16)24(21(22)27)17-6-8-19(26-2)9-7-17/h3-9,14-15H,10-13H2,1-2H3,(H2,22,27). The Bertz CT molecular complexity index is 814. The predicted molar refractivity (Wildman–Crippen MR) is 113 cm³/mol. The Balaban J connectivity index is 1.87. The van der Waals surface area contributed by atoms with Crippen molar-refractivity contribution in [1.29, 1.82) is 0 Å². The maximum Gasteiger partial charge on any atom is 0.175 e. The number of ketones is 1. The number of ether oxygens (including phenoxy) is 1. The normalized spacial score (nSPS) is 15.3. The summed E-state index contributed by atoms with van der Waals surface area (Å²) >= 11 is 5.27. The van der Waals surface area contributed by atoms with Crippen LogP contribution in [0.3, 0.4) is 0 Å².